The van der Waals surface area contributed by atoms with Crippen molar-refractivity contribution in [2.75, 3.05) is 0 Å². The van der Waals surface area contributed by atoms with Crippen LogP contribution in [-0.2, 0) is 3.42 Å². The fourth-order valence-electron chi connectivity index (χ4n) is 6.11. The molecule has 0 radical (unpaired) electrons. The van der Waals surface area contributed by atoms with Gasteiger partial charge < -0.3 is 0 Å². The second-order valence-electron chi connectivity index (χ2n) is 9.39. The predicted octanol–water partition coefficient (Wildman–Crippen LogP) is 8.55. The normalized spacial score (nSPS) is 33.8. The number of rotatable bonds is 3. The Balaban J connectivity index is 1.69. The number of hydrogen-bond donors (Lipinski definition) is 0. The quantitative estimate of drug-likeness (QED) is 0.187. The van der Waals surface area contributed by atoms with Crippen LogP contribution >= 0.6 is 45.2 Å². The first-order valence-electron chi connectivity index (χ1n) is 10.4. The third kappa shape index (κ3) is 3.40. The van der Waals surface area contributed by atoms with Crippen molar-refractivity contribution in [2.45, 2.75) is 49.9 Å². The van der Waals surface area contributed by atoms with Crippen LogP contribution in [0, 0.1) is 30.1 Å². The van der Waals surface area contributed by atoms with E-state index in [2.05, 4.69) is 115 Å². The topological polar surface area (TPSA) is 0 Å². The third-order valence-corrected chi connectivity index (χ3v) is 10.1. The first-order chi connectivity index (χ1) is 13.3. The molecule has 0 aliphatic heterocycles. The van der Waals surface area contributed by atoms with E-state index in [1.54, 1.807) is 11.1 Å². The number of fused-ring (bicyclic) bond motifs is 3. The van der Waals surface area contributed by atoms with E-state index < -0.39 is 0 Å². The van der Waals surface area contributed by atoms with Crippen molar-refractivity contribution >= 4 is 51.3 Å². The van der Waals surface area contributed by atoms with Crippen molar-refractivity contribution in [3.05, 3.63) is 74.9 Å². The zero-order valence-corrected chi connectivity index (χ0v) is 21.5. The summed E-state index contributed by atoms with van der Waals surface area (Å²) in [6.07, 6.45) is 16.1. The molecular formula is C26H30I2. The van der Waals surface area contributed by atoms with Gasteiger partial charge in [0.1, 0.15) is 0 Å². The van der Waals surface area contributed by atoms with Crippen LogP contribution in [0.15, 0.2) is 58.2 Å². The monoisotopic (exact) mass is 596 g/mol. The van der Waals surface area contributed by atoms with Gasteiger partial charge in [-0.3, -0.25) is 0 Å². The maximum Gasteiger partial charge on any atom is 0.0476 e. The van der Waals surface area contributed by atoms with Crippen molar-refractivity contribution in [3.8, 4) is 0 Å². The number of alkyl halides is 1. The van der Waals surface area contributed by atoms with Crippen LogP contribution in [0.2, 0.25) is 0 Å². The van der Waals surface area contributed by atoms with Gasteiger partial charge in [0.25, 0.3) is 0 Å². The lowest BCUT2D eigenvalue weighted by atomic mass is 9.64. The van der Waals surface area contributed by atoms with Gasteiger partial charge in [-0.05, 0) is 98.6 Å². The highest BCUT2D eigenvalue weighted by Gasteiger charge is 2.56. The molecule has 0 aromatic heterocycles. The molecular weight excluding hydrogens is 566 g/mol. The average Bonchev–Trinajstić information content (AvgIpc) is 2.87. The summed E-state index contributed by atoms with van der Waals surface area (Å²) in [5, 5.41) is 0. The Morgan fingerprint density at radius 2 is 2.00 bits per heavy atom. The van der Waals surface area contributed by atoms with E-state index in [9.17, 15) is 0 Å². The van der Waals surface area contributed by atoms with Crippen molar-refractivity contribution in [1.82, 2.24) is 0 Å². The second kappa shape index (κ2) is 7.72. The molecule has 2 saturated carbocycles. The molecule has 4 unspecified atom stereocenters. The molecule has 0 N–H and O–H groups in total. The van der Waals surface area contributed by atoms with E-state index in [4.69, 9.17) is 0 Å². The standard InChI is InChI=1S/C26H30I2/c1-5-6-8-18-9-7-10-22(17(18)2)26(28)14-13-21-20-12-11-19(27)15-23(20)25(3,4)24(21)16-26/h5-12,21,23-24H,1,13-16H2,2-4H3/b8-6-. The minimum Gasteiger partial charge on any atom is -0.0991 e. The van der Waals surface area contributed by atoms with Crippen molar-refractivity contribution in [1.29, 1.82) is 0 Å². The van der Waals surface area contributed by atoms with E-state index in [1.165, 1.54) is 40.4 Å². The number of hydrogen-bond acceptors (Lipinski definition) is 0. The van der Waals surface area contributed by atoms with Crippen LogP contribution in [0.5, 0.6) is 0 Å². The molecule has 1 aromatic carbocycles. The highest BCUT2D eigenvalue weighted by atomic mass is 127. The summed E-state index contributed by atoms with van der Waals surface area (Å²) in [6, 6.07) is 6.86. The minimum atomic E-state index is 0.243. The lowest BCUT2D eigenvalue weighted by Crippen LogP contribution is -2.37. The lowest BCUT2D eigenvalue weighted by molar-refractivity contribution is 0.120. The van der Waals surface area contributed by atoms with Crippen LogP contribution in [-0.4, -0.2) is 0 Å². The van der Waals surface area contributed by atoms with Crippen LogP contribution in [0.25, 0.3) is 6.08 Å². The van der Waals surface area contributed by atoms with Crippen LogP contribution in [0.3, 0.4) is 0 Å². The molecule has 1 aromatic rings. The first kappa shape index (κ1) is 20.9. The van der Waals surface area contributed by atoms with E-state index in [0.717, 1.165) is 17.8 Å². The Labute approximate surface area is 197 Å². The van der Waals surface area contributed by atoms with Gasteiger partial charge in [-0.15, -0.1) is 0 Å². The summed E-state index contributed by atoms with van der Waals surface area (Å²) >= 11 is 5.35. The van der Waals surface area contributed by atoms with E-state index >= 15 is 0 Å². The molecule has 2 fully saturated rings. The van der Waals surface area contributed by atoms with Gasteiger partial charge >= 0.3 is 0 Å². The Hall–Kier alpha value is -0.360. The molecule has 0 heterocycles. The van der Waals surface area contributed by atoms with Gasteiger partial charge in [0.2, 0.25) is 0 Å². The van der Waals surface area contributed by atoms with Gasteiger partial charge in [-0.1, -0.05) is 97.2 Å². The Morgan fingerprint density at radius 1 is 1.21 bits per heavy atom. The third-order valence-electron chi connectivity index (χ3n) is 7.69. The van der Waals surface area contributed by atoms with Gasteiger partial charge in [-0.25, -0.2) is 0 Å². The van der Waals surface area contributed by atoms with E-state index in [-0.39, 0.29) is 3.42 Å². The van der Waals surface area contributed by atoms with Gasteiger partial charge in [0.15, 0.2) is 0 Å². The molecule has 3 aliphatic rings. The van der Waals surface area contributed by atoms with E-state index in [0.29, 0.717) is 5.41 Å². The van der Waals surface area contributed by atoms with Crippen LogP contribution < -0.4 is 0 Å². The zero-order chi connectivity index (χ0) is 20.1. The average molecular weight is 596 g/mol. The predicted molar refractivity (Wildman–Crippen MR) is 139 cm³/mol. The van der Waals surface area contributed by atoms with Crippen molar-refractivity contribution in [2.24, 2.45) is 23.2 Å². The molecule has 0 amide bonds. The molecule has 28 heavy (non-hydrogen) atoms. The van der Waals surface area contributed by atoms with Crippen LogP contribution in [0.4, 0.5) is 0 Å². The molecule has 148 valence electrons. The highest BCUT2D eigenvalue weighted by molar-refractivity contribution is 14.1. The highest BCUT2D eigenvalue weighted by Crippen LogP contribution is 2.65. The second-order valence-corrected chi connectivity index (χ2v) is 12.8. The summed E-state index contributed by atoms with van der Waals surface area (Å²) in [6.45, 7) is 11.2. The molecule has 0 nitrogen and oxygen atoms in total. The van der Waals surface area contributed by atoms with Crippen LogP contribution in [0.1, 0.15) is 56.2 Å². The summed E-state index contributed by atoms with van der Waals surface area (Å²) in [4.78, 5) is 0. The molecule has 0 bridgehead atoms. The summed E-state index contributed by atoms with van der Waals surface area (Å²) < 4.78 is 1.77. The maximum atomic E-state index is 3.83. The molecule has 0 spiro atoms. The number of benzene rings is 1. The summed E-state index contributed by atoms with van der Waals surface area (Å²) in [5.41, 5.74) is 6.46. The SMILES string of the molecule is C=C/C=C\c1cccc(C2(I)CCC3C4=CC=C(I)CC4C(C)(C)C3C2)c1C. The smallest absolute Gasteiger partial charge is 0.0476 e. The molecule has 4 rings (SSSR count). The molecule has 0 saturated heterocycles. The van der Waals surface area contributed by atoms with E-state index in [1.807, 2.05) is 6.08 Å². The molecule has 2 heteroatoms. The fourth-order valence-corrected chi connectivity index (χ4v) is 8.10. The Morgan fingerprint density at radius 3 is 2.75 bits per heavy atom. The van der Waals surface area contributed by atoms with Gasteiger partial charge in [0.05, 0.1) is 0 Å². The van der Waals surface area contributed by atoms with Crippen molar-refractivity contribution < 1.29 is 0 Å². The van der Waals surface area contributed by atoms with Gasteiger partial charge in [-0.2, -0.15) is 0 Å². The summed E-state index contributed by atoms with van der Waals surface area (Å²) in [7, 11) is 0. The van der Waals surface area contributed by atoms with Gasteiger partial charge in [0, 0.05) is 3.42 Å². The first-order valence-corrected chi connectivity index (χ1v) is 12.6. The fraction of sp³-hybridized carbons (Fsp3) is 0.462. The molecule has 3 aliphatic carbocycles. The number of allylic oxidation sites excluding steroid dienone is 6. The Bertz CT molecular complexity index is 886. The largest absolute Gasteiger partial charge is 0.0991 e. The zero-order valence-electron chi connectivity index (χ0n) is 17.1. The summed E-state index contributed by atoms with van der Waals surface area (Å²) in [5.74, 6) is 2.30. The number of halogens is 2. The molecule has 4 atom stereocenters. The lowest BCUT2D eigenvalue weighted by Gasteiger charge is -2.44. The maximum absolute atomic E-state index is 3.83. The minimum absolute atomic E-state index is 0.243. The Kier molecular flexibility index (Phi) is 5.76. The van der Waals surface area contributed by atoms with Crippen molar-refractivity contribution in [3.63, 3.8) is 0 Å².